The first-order valence-corrected chi connectivity index (χ1v) is 10.3. The maximum absolute atomic E-state index is 13.6. The maximum atomic E-state index is 13.6. The molecular weight excluding hydrogens is 398 g/mol. The number of carbonyl (C=O) groups excluding carboxylic acids is 2. The summed E-state index contributed by atoms with van der Waals surface area (Å²) in [4.78, 5) is 35.1. The van der Waals surface area contributed by atoms with E-state index in [9.17, 15) is 9.59 Å². The van der Waals surface area contributed by atoms with Crippen LogP contribution < -0.4 is 0 Å². The lowest BCUT2D eigenvalue weighted by Gasteiger charge is -2.47. The van der Waals surface area contributed by atoms with Gasteiger partial charge in [-0.3, -0.25) is 14.6 Å². The van der Waals surface area contributed by atoms with Crippen molar-refractivity contribution in [2.75, 3.05) is 13.1 Å². The topological polar surface area (TPSA) is 53.5 Å². The molecule has 5 rings (SSSR count). The fourth-order valence-electron chi connectivity index (χ4n) is 4.58. The number of pyridine rings is 1. The first-order chi connectivity index (χ1) is 14.5. The molecule has 1 aromatic heterocycles. The zero-order valence-corrected chi connectivity index (χ0v) is 17.3. The van der Waals surface area contributed by atoms with Crippen molar-refractivity contribution in [2.45, 2.75) is 19.0 Å². The molecule has 30 heavy (non-hydrogen) atoms. The molecule has 2 aliphatic rings. The Kier molecular flexibility index (Phi) is 4.36. The Morgan fingerprint density at radius 2 is 1.77 bits per heavy atom. The van der Waals surface area contributed by atoms with Crippen molar-refractivity contribution in [2.24, 2.45) is 0 Å². The standard InChI is InChI=1S/C24H20ClN3O2/c1-16-4-6-17(7-5-16)22(29)27-13-14-28-23(30)20-3-2-12-26-21(20)15-24(27,28)18-8-10-19(25)11-9-18/h2-12H,13-15H2,1H3. The van der Waals surface area contributed by atoms with Gasteiger partial charge in [0.1, 0.15) is 5.66 Å². The summed E-state index contributed by atoms with van der Waals surface area (Å²) in [7, 11) is 0. The molecule has 0 radical (unpaired) electrons. The number of halogens is 1. The summed E-state index contributed by atoms with van der Waals surface area (Å²) in [5.74, 6) is -0.196. The lowest BCUT2D eigenvalue weighted by atomic mass is 9.86. The van der Waals surface area contributed by atoms with Gasteiger partial charge < -0.3 is 9.80 Å². The van der Waals surface area contributed by atoms with Crippen LogP contribution in [-0.2, 0) is 12.1 Å². The average Bonchev–Trinajstić information content (AvgIpc) is 3.15. The zero-order chi connectivity index (χ0) is 20.9. The van der Waals surface area contributed by atoms with Gasteiger partial charge in [0, 0.05) is 36.3 Å². The van der Waals surface area contributed by atoms with Crippen LogP contribution in [0, 0.1) is 6.92 Å². The van der Waals surface area contributed by atoms with Crippen LogP contribution in [0.25, 0.3) is 0 Å². The van der Waals surface area contributed by atoms with E-state index in [4.69, 9.17) is 11.6 Å². The average molecular weight is 418 g/mol. The number of fused-ring (bicyclic) bond motifs is 2. The molecule has 1 atom stereocenters. The Morgan fingerprint density at radius 3 is 2.50 bits per heavy atom. The van der Waals surface area contributed by atoms with E-state index >= 15 is 0 Å². The summed E-state index contributed by atoms with van der Waals surface area (Å²) in [6.07, 6.45) is 2.13. The molecule has 150 valence electrons. The molecule has 1 unspecified atom stereocenters. The second-order valence-corrected chi connectivity index (χ2v) is 8.21. The largest absolute Gasteiger partial charge is 0.309 e. The van der Waals surface area contributed by atoms with Gasteiger partial charge in [0.2, 0.25) is 0 Å². The maximum Gasteiger partial charge on any atom is 0.257 e. The number of amides is 2. The molecule has 0 spiro atoms. The first kappa shape index (κ1) is 18.8. The van der Waals surface area contributed by atoms with Crippen LogP contribution in [0.2, 0.25) is 5.02 Å². The molecule has 5 nitrogen and oxygen atoms in total. The van der Waals surface area contributed by atoms with Gasteiger partial charge in [-0.05, 0) is 48.9 Å². The number of carbonyl (C=O) groups is 2. The van der Waals surface area contributed by atoms with Crippen molar-refractivity contribution in [3.05, 3.63) is 99.8 Å². The lowest BCUT2D eigenvalue weighted by molar-refractivity contribution is 0.00704. The molecule has 6 heteroatoms. The Labute approximate surface area is 179 Å². The molecule has 1 saturated heterocycles. The summed E-state index contributed by atoms with van der Waals surface area (Å²) in [6.45, 7) is 2.91. The van der Waals surface area contributed by atoms with Crippen LogP contribution in [0.4, 0.5) is 0 Å². The van der Waals surface area contributed by atoms with E-state index in [1.807, 2.05) is 53.1 Å². The third-order valence-corrected chi connectivity index (χ3v) is 6.32. The summed E-state index contributed by atoms with van der Waals surface area (Å²) < 4.78 is 0. The highest BCUT2D eigenvalue weighted by atomic mass is 35.5. The summed E-state index contributed by atoms with van der Waals surface area (Å²) in [5.41, 5.74) is 2.94. The minimum Gasteiger partial charge on any atom is -0.309 e. The summed E-state index contributed by atoms with van der Waals surface area (Å²) in [5, 5.41) is 0.608. The van der Waals surface area contributed by atoms with Crippen LogP contribution in [-0.4, -0.2) is 39.7 Å². The van der Waals surface area contributed by atoms with Gasteiger partial charge in [0.25, 0.3) is 11.8 Å². The minimum atomic E-state index is -0.926. The monoisotopic (exact) mass is 417 g/mol. The van der Waals surface area contributed by atoms with Crippen molar-refractivity contribution in [3.8, 4) is 0 Å². The number of benzene rings is 2. The third-order valence-electron chi connectivity index (χ3n) is 6.07. The van der Waals surface area contributed by atoms with Gasteiger partial charge in [-0.15, -0.1) is 0 Å². The van der Waals surface area contributed by atoms with Gasteiger partial charge in [-0.25, -0.2) is 0 Å². The smallest absolute Gasteiger partial charge is 0.257 e. The Balaban J connectivity index is 1.68. The Morgan fingerprint density at radius 1 is 1.03 bits per heavy atom. The normalized spacial score (nSPS) is 20.1. The highest BCUT2D eigenvalue weighted by Crippen LogP contribution is 2.45. The first-order valence-electron chi connectivity index (χ1n) is 9.91. The molecule has 1 fully saturated rings. The predicted molar refractivity (Wildman–Crippen MR) is 114 cm³/mol. The molecule has 2 aliphatic heterocycles. The van der Waals surface area contributed by atoms with E-state index in [1.165, 1.54) is 0 Å². The predicted octanol–water partition coefficient (Wildman–Crippen LogP) is 4.05. The van der Waals surface area contributed by atoms with E-state index < -0.39 is 5.66 Å². The van der Waals surface area contributed by atoms with Gasteiger partial charge >= 0.3 is 0 Å². The molecule has 0 aliphatic carbocycles. The number of nitrogens with zero attached hydrogens (tertiary/aromatic N) is 3. The summed E-state index contributed by atoms with van der Waals surface area (Å²) >= 11 is 6.14. The fraction of sp³-hybridized carbons (Fsp3) is 0.208. The number of aryl methyl sites for hydroxylation is 1. The number of rotatable bonds is 2. The quantitative estimate of drug-likeness (QED) is 0.632. The van der Waals surface area contributed by atoms with E-state index in [-0.39, 0.29) is 11.8 Å². The van der Waals surface area contributed by atoms with Crippen LogP contribution >= 0.6 is 11.6 Å². The fourth-order valence-corrected chi connectivity index (χ4v) is 4.71. The van der Waals surface area contributed by atoms with Gasteiger partial charge in [0.15, 0.2) is 0 Å². The molecule has 0 saturated carbocycles. The number of hydrogen-bond donors (Lipinski definition) is 0. The molecule has 3 aromatic rings. The van der Waals surface area contributed by atoms with Crippen molar-refractivity contribution in [1.82, 2.24) is 14.8 Å². The van der Waals surface area contributed by atoms with Crippen LogP contribution in [0.3, 0.4) is 0 Å². The van der Waals surface area contributed by atoms with Crippen molar-refractivity contribution < 1.29 is 9.59 Å². The minimum absolute atomic E-state index is 0.0976. The van der Waals surface area contributed by atoms with E-state index in [0.29, 0.717) is 41.4 Å². The molecule has 2 amide bonds. The second kappa shape index (κ2) is 6.96. The summed E-state index contributed by atoms with van der Waals surface area (Å²) in [6, 6.07) is 18.5. The van der Waals surface area contributed by atoms with E-state index in [0.717, 1.165) is 11.1 Å². The molecular formula is C24H20ClN3O2. The Hall–Kier alpha value is -3.18. The number of hydrogen-bond acceptors (Lipinski definition) is 3. The molecule has 0 bridgehead atoms. The van der Waals surface area contributed by atoms with Crippen LogP contribution in [0.5, 0.6) is 0 Å². The third kappa shape index (κ3) is 2.73. The van der Waals surface area contributed by atoms with Gasteiger partial charge in [-0.2, -0.15) is 0 Å². The van der Waals surface area contributed by atoms with E-state index in [1.54, 1.807) is 30.5 Å². The zero-order valence-electron chi connectivity index (χ0n) is 16.5. The van der Waals surface area contributed by atoms with Crippen LogP contribution in [0.15, 0.2) is 66.9 Å². The molecule has 2 aromatic carbocycles. The highest BCUT2D eigenvalue weighted by Gasteiger charge is 2.56. The van der Waals surface area contributed by atoms with Crippen molar-refractivity contribution >= 4 is 23.4 Å². The van der Waals surface area contributed by atoms with Crippen molar-refractivity contribution in [1.29, 1.82) is 0 Å². The van der Waals surface area contributed by atoms with Gasteiger partial charge in [-0.1, -0.05) is 41.4 Å². The number of aromatic nitrogens is 1. The molecule has 0 N–H and O–H groups in total. The highest BCUT2D eigenvalue weighted by molar-refractivity contribution is 6.30. The van der Waals surface area contributed by atoms with E-state index in [2.05, 4.69) is 4.98 Å². The van der Waals surface area contributed by atoms with Crippen LogP contribution in [0.1, 0.15) is 37.5 Å². The lowest BCUT2D eigenvalue weighted by Crippen LogP contribution is -2.58. The Bertz CT molecular complexity index is 1140. The van der Waals surface area contributed by atoms with Crippen molar-refractivity contribution in [3.63, 3.8) is 0 Å². The molecule has 3 heterocycles. The van der Waals surface area contributed by atoms with Gasteiger partial charge in [0.05, 0.1) is 11.3 Å². The SMILES string of the molecule is Cc1ccc(C(=O)N2CCN3C(=O)c4cccnc4CC23c2ccc(Cl)cc2)cc1. The second-order valence-electron chi connectivity index (χ2n) is 7.78.